The van der Waals surface area contributed by atoms with E-state index >= 15 is 4.39 Å². The number of amides is 2. The maximum Gasteiger partial charge on any atom is 0.250 e. The topological polar surface area (TPSA) is 70.2 Å². The van der Waals surface area contributed by atoms with Gasteiger partial charge in [0.1, 0.15) is 11.4 Å². The third-order valence-electron chi connectivity index (χ3n) is 6.06. The molecule has 0 aliphatic carbocycles. The van der Waals surface area contributed by atoms with E-state index in [0.29, 0.717) is 29.2 Å². The fourth-order valence-corrected chi connectivity index (χ4v) is 5.33. The van der Waals surface area contributed by atoms with E-state index in [9.17, 15) is 9.59 Å². The van der Waals surface area contributed by atoms with Gasteiger partial charge >= 0.3 is 0 Å². The fourth-order valence-electron chi connectivity index (χ4n) is 4.97. The van der Waals surface area contributed by atoms with Crippen LogP contribution in [0.2, 0.25) is 10.0 Å². The Kier molecular flexibility index (Phi) is 3.95. The molecule has 144 valence electrons. The van der Waals surface area contributed by atoms with Gasteiger partial charge in [-0.3, -0.25) is 14.9 Å². The molecular weight excluding hydrogens is 404 g/mol. The van der Waals surface area contributed by atoms with Gasteiger partial charge in [0.05, 0.1) is 10.9 Å². The number of halogens is 3. The predicted molar refractivity (Wildman–Crippen MR) is 104 cm³/mol. The molecule has 5 nitrogen and oxygen atoms in total. The van der Waals surface area contributed by atoms with Crippen LogP contribution >= 0.6 is 23.2 Å². The van der Waals surface area contributed by atoms with Crippen LogP contribution in [0.15, 0.2) is 36.4 Å². The lowest BCUT2D eigenvalue weighted by Gasteiger charge is -2.32. The molecule has 3 N–H and O–H groups in total. The van der Waals surface area contributed by atoms with Crippen LogP contribution in [0.5, 0.6) is 0 Å². The number of nitrogens with one attached hydrogen (secondary N) is 3. The molecule has 3 aliphatic heterocycles. The van der Waals surface area contributed by atoms with Gasteiger partial charge in [-0.15, -0.1) is 0 Å². The van der Waals surface area contributed by atoms with E-state index in [2.05, 4.69) is 16.0 Å². The van der Waals surface area contributed by atoms with Gasteiger partial charge in [-0.1, -0.05) is 41.4 Å². The maximum absolute atomic E-state index is 15.1. The Morgan fingerprint density at radius 2 is 1.96 bits per heavy atom. The second-order valence-electron chi connectivity index (χ2n) is 7.43. The van der Waals surface area contributed by atoms with Gasteiger partial charge < -0.3 is 10.6 Å². The molecule has 1 spiro atoms. The summed E-state index contributed by atoms with van der Waals surface area (Å²) in [6.45, 7) is 0.503. The van der Waals surface area contributed by atoms with Crippen molar-refractivity contribution in [1.82, 2.24) is 10.6 Å². The summed E-state index contributed by atoms with van der Waals surface area (Å²) in [5.74, 6) is -2.48. The molecule has 2 fully saturated rings. The minimum Gasteiger partial charge on any atom is -0.356 e. The highest BCUT2D eigenvalue weighted by molar-refractivity contribution is 6.31. The van der Waals surface area contributed by atoms with Gasteiger partial charge in [0.25, 0.3) is 0 Å². The van der Waals surface area contributed by atoms with Gasteiger partial charge in [0.15, 0.2) is 0 Å². The van der Waals surface area contributed by atoms with Crippen molar-refractivity contribution in [3.8, 4) is 0 Å². The highest BCUT2D eigenvalue weighted by Crippen LogP contribution is 2.55. The van der Waals surface area contributed by atoms with Gasteiger partial charge in [-0.2, -0.15) is 0 Å². The highest BCUT2D eigenvalue weighted by Gasteiger charge is 2.64. The largest absolute Gasteiger partial charge is 0.356 e. The number of rotatable bonds is 1. The first-order chi connectivity index (χ1) is 13.4. The lowest BCUT2D eigenvalue weighted by Crippen LogP contribution is -2.49. The summed E-state index contributed by atoms with van der Waals surface area (Å²) in [5.41, 5.74) is 0.204. The van der Waals surface area contributed by atoms with Crippen LogP contribution in [0.1, 0.15) is 23.5 Å². The van der Waals surface area contributed by atoms with Gasteiger partial charge in [-0.25, -0.2) is 4.39 Å². The van der Waals surface area contributed by atoms with Crippen LogP contribution in [-0.4, -0.2) is 24.4 Å². The van der Waals surface area contributed by atoms with Crippen molar-refractivity contribution >= 4 is 40.7 Å². The molecule has 2 aromatic carbocycles. The molecule has 3 heterocycles. The monoisotopic (exact) mass is 419 g/mol. The first-order valence-corrected chi connectivity index (χ1v) is 9.80. The lowest BCUT2D eigenvalue weighted by atomic mass is 9.70. The molecule has 5 rings (SSSR count). The van der Waals surface area contributed by atoms with Crippen molar-refractivity contribution in [2.24, 2.45) is 5.92 Å². The van der Waals surface area contributed by atoms with Crippen LogP contribution < -0.4 is 16.0 Å². The summed E-state index contributed by atoms with van der Waals surface area (Å²) < 4.78 is 15.1. The van der Waals surface area contributed by atoms with E-state index in [4.69, 9.17) is 23.2 Å². The number of piperidine rings is 1. The fraction of sp³-hybridized carbons (Fsp3) is 0.300. The van der Waals surface area contributed by atoms with Crippen LogP contribution in [0.3, 0.4) is 0 Å². The molecule has 2 saturated heterocycles. The third kappa shape index (κ3) is 2.28. The van der Waals surface area contributed by atoms with Crippen LogP contribution in [0.25, 0.3) is 0 Å². The number of fused-ring (bicyclic) bond motifs is 3. The van der Waals surface area contributed by atoms with Crippen molar-refractivity contribution in [3.63, 3.8) is 0 Å². The summed E-state index contributed by atoms with van der Waals surface area (Å²) in [6.07, 6.45) is 0.646. The van der Waals surface area contributed by atoms with Gasteiger partial charge in [0, 0.05) is 34.8 Å². The van der Waals surface area contributed by atoms with Gasteiger partial charge in [0.2, 0.25) is 11.8 Å². The number of benzene rings is 2. The van der Waals surface area contributed by atoms with Crippen molar-refractivity contribution in [2.45, 2.75) is 23.9 Å². The average molecular weight is 420 g/mol. The Morgan fingerprint density at radius 3 is 2.79 bits per heavy atom. The normalized spacial score (nSPS) is 30.8. The van der Waals surface area contributed by atoms with E-state index in [1.165, 1.54) is 6.07 Å². The molecular formula is C20H16Cl2FN3O2. The molecule has 2 aromatic rings. The van der Waals surface area contributed by atoms with Crippen molar-refractivity contribution in [2.75, 3.05) is 11.9 Å². The van der Waals surface area contributed by atoms with Crippen LogP contribution in [0.4, 0.5) is 10.1 Å². The predicted octanol–water partition coefficient (Wildman–Crippen LogP) is 3.17. The van der Waals surface area contributed by atoms with Crippen LogP contribution in [0, 0.1) is 11.7 Å². The van der Waals surface area contributed by atoms with E-state index in [-0.39, 0.29) is 28.4 Å². The number of carbonyl (C=O) groups is 2. The Bertz CT molecular complexity index is 1030. The molecule has 2 amide bonds. The van der Waals surface area contributed by atoms with Crippen molar-refractivity contribution < 1.29 is 14.0 Å². The standard InChI is InChI=1S/C20H16Cl2FN3O2/c21-9-4-5-11-14(8-9)25-19(28)20(11)16(10-2-1-3-12(22)17(10)23)15-13(26-20)6-7-24-18(15)27/h1-5,8,13,15-16,26H,6-7H2,(H,24,27)(H,25,28)/t13-,15+,16-,20+/m0/s1. The van der Waals surface area contributed by atoms with E-state index < -0.39 is 23.2 Å². The summed E-state index contributed by atoms with van der Waals surface area (Å²) in [7, 11) is 0. The quantitative estimate of drug-likeness (QED) is 0.664. The molecule has 0 aromatic heterocycles. The SMILES string of the molecule is O=C1NCC[C@@H]2N[C@@]3(C(=O)Nc4cc(Cl)ccc43)[C@@H](c3cccc(Cl)c3F)[C@H]12. The molecule has 3 aliphatic rings. The Balaban J connectivity index is 1.78. The minimum absolute atomic E-state index is 0.0398. The summed E-state index contributed by atoms with van der Waals surface area (Å²) in [6, 6.07) is 9.54. The first kappa shape index (κ1) is 17.9. The van der Waals surface area contributed by atoms with Gasteiger partial charge in [-0.05, 0) is 30.2 Å². The second-order valence-corrected chi connectivity index (χ2v) is 8.27. The maximum atomic E-state index is 15.1. The van der Waals surface area contributed by atoms with Crippen molar-refractivity contribution in [1.29, 1.82) is 0 Å². The number of carbonyl (C=O) groups excluding carboxylic acids is 2. The smallest absolute Gasteiger partial charge is 0.250 e. The van der Waals surface area contributed by atoms with E-state index in [0.717, 1.165) is 0 Å². The second kappa shape index (κ2) is 6.17. The molecule has 0 bridgehead atoms. The zero-order valence-corrected chi connectivity index (χ0v) is 16.1. The number of hydrogen-bond donors (Lipinski definition) is 3. The van der Waals surface area contributed by atoms with E-state index in [1.807, 2.05) is 0 Å². The first-order valence-electron chi connectivity index (χ1n) is 9.04. The molecule has 0 saturated carbocycles. The summed E-state index contributed by atoms with van der Waals surface area (Å²) in [5, 5.41) is 9.55. The Hall–Kier alpha value is -2.15. The molecule has 0 radical (unpaired) electrons. The molecule has 0 unspecified atom stereocenters. The lowest BCUT2D eigenvalue weighted by molar-refractivity contribution is -0.127. The highest BCUT2D eigenvalue weighted by atomic mass is 35.5. The van der Waals surface area contributed by atoms with Crippen LogP contribution in [-0.2, 0) is 15.1 Å². The third-order valence-corrected chi connectivity index (χ3v) is 6.59. The molecule has 4 atom stereocenters. The zero-order chi connectivity index (χ0) is 19.6. The molecule has 28 heavy (non-hydrogen) atoms. The summed E-state index contributed by atoms with van der Waals surface area (Å²) >= 11 is 12.1. The van der Waals surface area contributed by atoms with E-state index in [1.54, 1.807) is 30.3 Å². The number of hydrogen-bond acceptors (Lipinski definition) is 3. The van der Waals surface area contributed by atoms with Crippen molar-refractivity contribution in [3.05, 3.63) is 63.4 Å². The number of anilines is 1. The zero-order valence-electron chi connectivity index (χ0n) is 14.6. The average Bonchev–Trinajstić information content (AvgIpc) is 3.14. The Morgan fingerprint density at radius 1 is 1.14 bits per heavy atom. The Labute approximate surface area is 170 Å². The summed E-state index contributed by atoms with van der Waals surface area (Å²) in [4.78, 5) is 26.1. The molecule has 8 heteroatoms. The minimum atomic E-state index is -1.28.